The van der Waals surface area contributed by atoms with Crippen LogP contribution in [0.1, 0.15) is 28.4 Å². The monoisotopic (exact) mass is 370 g/mol. The van der Waals surface area contributed by atoms with Gasteiger partial charge in [-0.1, -0.05) is 6.07 Å². The van der Waals surface area contributed by atoms with Gasteiger partial charge in [-0.3, -0.25) is 9.59 Å². The highest BCUT2D eigenvalue weighted by atomic mass is 16.5. The van der Waals surface area contributed by atoms with E-state index in [2.05, 4.69) is 5.32 Å². The summed E-state index contributed by atoms with van der Waals surface area (Å²) >= 11 is 0. The van der Waals surface area contributed by atoms with E-state index in [0.29, 0.717) is 30.2 Å². The number of benzene rings is 2. The summed E-state index contributed by atoms with van der Waals surface area (Å²) in [5.41, 5.74) is 3.54. The molecule has 0 bridgehead atoms. The molecule has 0 aromatic heterocycles. The molecule has 0 radical (unpaired) electrons. The number of nitrogens with zero attached hydrogens (tertiary/aromatic N) is 1. The summed E-state index contributed by atoms with van der Waals surface area (Å²) in [6.07, 6.45) is 0. The number of methoxy groups -OCH3 is 2. The van der Waals surface area contributed by atoms with Gasteiger partial charge in [0.25, 0.3) is 5.91 Å². The van der Waals surface area contributed by atoms with Crippen molar-refractivity contribution in [1.29, 1.82) is 0 Å². The van der Waals surface area contributed by atoms with Crippen molar-refractivity contribution in [1.82, 2.24) is 5.32 Å². The number of rotatable bonds is 7. The Morgan fingerprint density at radius 3 is 2.11 bits per heavy atom. The fourth-order valence-electron chi connectivity index (χ4n) is 2.68. The van der Waals surface area contributed by atoms with Crippen molar-refractivity contribution in [3.63, 3.8) is 0 Å². The highest BCUT2D eigenvalue weighted by Crippen LogP contribution is 2.22. The van der Waals surface area contributed by atoms with Crippen LogP contribution in [-0.2, 0) is 4.79 Å². The molecule has 2 aromatic rings. The minimum Gasteiger partial charge on any atom is -0.497 e. The second-order valence-electron chi connectivity index (χ2n) is 6.30. The topological polar surface area (TPSA) is 67.9 Å². The van der Waals surface area contributed by atoms with Crippen LogP contribution in [0.5, 0.6) is 11.5 Å². The maximum Gasteiger partial charge on any atom is 0.251 e. The summed E-state index contributed by atoms with van der Waals surface area (Å²) in [6.45, 7) is 6.26. The van der Waals surface area contributed by atoms with E-state index in [1.807, 2.05) is 32.0 Å². The van der Waals surface area contributed by atoms with Crippen molar-refractivity contribution in [2.24, 2.45) is 0 Å². The number of carbonyl (C=O) groups excluding carboxylic acids is 2. The minimum atomic E-state index is -0.254. The van der Waals surface area contributed by atoms with Gasteiger partial charge in [0.05, 0.1) is 14.2 Å². The lowest BCUT2D eigenvalue weighted by Crippen LogP contribution is -2.37. The number of carbonyl (C=O) groups is 2. The fourth-order valence-corrected chi connectivity index (χ4v) is 2.68. The summed E-state index contributed by atoms with van der Waals surface area (Å²) in [4.78, 5) is 26.1. The van der Waals surface area contributed by atoms with Crippen LogP contribution in [0.4, 0.5) is 5.69 Å². The Bertz CT molecular complexity index is 811. The van der Waals surface area contributed by atoms with Crippen LogP contribution in [0, 0.1) is 13.8 Å². The highest BCUT2D eigenvalue weighted by molar-refractivity contribution is 5.95. The van der Waals surface area contributed by atoms with Gasteiger partial charge >= 0.3 is 0 Å². The van der Waals surface area contributed by atoms with Crippen molar-refractivity contribution in [3.05, 3.63) is 53.1 Å². The Morgan fingerprint density at radius 1 is 0.963 bits per heavy atom. The lowest BCUT2D eigenvalue weighted by atomic mass is 10.1. The average Bonchev–Trinajstić information content (AvgIpc) is 2.66. The Balaban J connectivity index is 2.05. The standard InChI is InChI=1S/C21H26N2O4/c1-14-6-7-18(10-15(14)2)23(16(3)24)9-8-22-21(25)17-11-19(26-4)13-20(12-17)27-5/h6-7,10-13H,8-9H2,1-5H3,(H,22,25). The van der Waals surface area contributed by atoms with Crippen LogP contribution in [0.2, 0.25) is 0 Å². The van der Waals surface area contributed by atoms with Crippen LogP contribution >= 0.6 is 0 Å². The van der Waals surface area contributed by atoms with Crippen molar-refractivity contribution in [3.8, 4) is 11.5 Å². The largest absolute Gasteiger partial charge is 0.497 e. The summed E-state index contributed by atoms with van der Waals surface area (Å²) in [6, 6.07) is 10.9. The van der Waals surface area contributed by atoms with E-state index in [4.69, 9.17) is 9.47 Å². The first-order valence-electron chi connectivity index (χ1n) is 8.72. The summed E-state index contributed by atoms with van der Waals surface area (Å²) in [5, 5.41) is 2.84. The number of aryl methyl sites for hydroxylation is 2. The molecule has 0 aliphatic rings. The van der Waals surface area contributed by atoms with Gasteiger partial charge in [-0.2, -0.15) is 0 Å². The van der Waals surface area contributed by atoms with Gasteiger partial charge < -0.3 is 19.7 Å². The second-order valence-corrected chi connectivity index (χ2v) is 6.30. The number of hydrogen-bond donors (Lipinski definition) is 1. The molecule has 0 aliphatic heterocycles. The van der Waals surface area contributed by atoms with Crippen molar-refractivity contribution < 1.29 is 19.1 Å². The molecule has 6 nitrogen and oxygen atoms in total. The number of amides is 2. The molecule has 0 heterocycles. The first kappa shape index (κ1) is 20.3. The highest BCUT2D eigenvalue weighted by Gasteiger charge is 2.14. The third kappa shape index (κ3) is 5.23. The molecule has 0 saturated heterocycles. The zero-order valence-corrected chi connectivity index (χ0v) is 16.5. The third-order valence-electron chi connectivity index (χ3n) is 4.42. The van der Waals surface area contributed by atoms with Gasteiger partial charge in [-0.25, -0.2) is 0 Å². The molecule has 6 heteroatoms. The number of ether oxygens (including phenoxy) is 2. The van der Waals surface area contributed by atoms with Crippen LogP contribution in [-0.4, -0.2) is 39.1 Å². The molecular weight excluding hydrogens is 344 g/mol. The molecule has 0 saturated carbocycles. The van der Waals surface area contributed by atoms with Gasteiger partial charge in [-0.15, -0.1) is 0 Å². The third-order valence-corrected chi connectivity index (χ3v) is 4.42. The normalized spacial score (nSPS) is 10.3. The van der Waals surface area contributed by atoms with Crippen LogP contribution in [0.3, 0.4) is 0 Å². The van der Waals surface area contributed by atoms with Gasteiger partial charge in [0.15, 0.2) is 0 Å². The van der Waals surface area contributed by atoms with Gasteiger partial charge in [0.2, 0.25) is 5.91 Å². The zero-order valence-electron chi connectivity index (χ0n) is 16.5. The molecule has 2 aromatic carbocycles. The molecule has 0 spiro atoms. The van der Waals surface area contributed by atoms with E-state index < -0.39 is 0 Å². The van der Waals surface area contributed by atoms with Crippen molar-refractivity contribution >= 4 is 17.5 Å². The molecule has 144 valence electrons. The number of hydrogen-bond acceptors (Lipinski definition) is 4. The van der Waals surface area contributed by atoms with E-state index in [1.54, 1.807) is 23.1 Å². The molecule has 2 amide bonds. The van der Waals surface area contributed by atoms with E-state index in [0.717, 1.165) is 11.3 Å². The Hall–Kier alpha value is -3.02. The van der Waals surface area contributed by atoms with Crippen LogP contribution in [0.25, 0.3) is 0 Å². The first-order valence-corrected chi connectivity index (χ1v) is 8.72. The maximum absolute atomic E-state index is 12.4. The maximum atomic E-state index is 12.4. The Kier molecular flexibility index (Phi) is 6.82. The van der Waals surface area contributed by atoms with Crippen LogP contribution in [0.15, 0.2) is 36.4 Å². The molecule has 1 N–H and O–H groups in total. The number of anilines is 1. The molecule has 0 fully saturated rings. The zero-order chi connectivity index (χ0) is 20.0. The van der Waals surface area contributed by atoms with Crippen molar-refractivity contribution in [2.45, 2.75) is 20.8 Å². The summed E-state index contributed by atoms with van der Waals surface area (Å²) in [5.74, 6) is 0.756. The SMILES string of the molecule is COc1cc(OC)cc(C(=O)NCCN(C(C)=O)c2ccc(C)c(C)c2)c1. The quantitative estimate of drug-likeness (QED) is 0.813. The Morgan fingerprint density at radius 2 is 1.59 bits per heavy atom. The Labute approximate surface area is 160 Å². The summed E-state index contributed by atoms with van der Waals surface area (Å²) in [7, 11) is 3.06. The number of nitrogens with one attached hydrogen (secondary N) is 1. The first-order chi connectivity index (χ1) is 12.8. The molecule has 0 aliphatic carbocycles. The lowest BCUT2D eigenvalue weighted by Gasteiger charge is -2.22. The summed E-state index contributed by atoms with van der Waals surface area (Å²) < 4.78 is 10.4. The van der Waals surface area contributed by atoms with Gasteiger partial charge in [-0.05, 0) is 49.2 Å². The van der Waals surface area contributed by atoms with Crippen molar-refractivity contribution in [2.75, 3.05) is 32.2 Å². The predicted molar refractivity (Wildman–Crippen MR) is 106 cm³/mol. The molecule has 0 unspecified atom stereocenters. The van der Waals surface area contributed by atoms with E-state index in [9.17, 15) is 9.59 Å². The van der Waals surface area contributed by atoms with E-state index in [1.165, 1.54) is 26.7 Å². The minimum absolute atomic E-state index is 0.0736. The van der Waals surface area contributed by atoms with E-state index >= 15 is 0 Å². The fraction of sp³-hybridized carbons (Fsp3) is 0.333. The van der Waals surface area contributed by atoms with Gasteiger partial charge in [0.1, 0.15) is 11.5 Å². The second kappa shape index (κ2) is 9.07. The molecular formula is C21H26N2O4. The molecule has 2 rings (SSSR count). The average molecular weight is 370 g/mol. The molecule has 0 atom stereocenters. The predicted octanol–water partition coefficient (Wildman–Crippen LogP) is 3.10. The smallest absolute Gasteiger partial charge is 0.251 e. The molecule has 27 heavy (non-hydrogen) atoms. The van der Waals surface area contributed by atoms with E-state index in [-0.39, 0.29) is 11.8 Å². The van der Waals surface area contributed by atoms with Gasteiger partial charge in [0, 0.05) is 37.3 Å². The van der Waals surface area contributed by atoms with Crippen LogP contribution < -0.4 is 19.7 Å². The lowest BCUT2D eigenvalue weighted by molar-refractivity contribution is -0.116.